The maximum absolute atomic E-state index is 13.3. The number of benzene rings is 2. The van der Waals surface area contributed by atoms with E-state index in [9.17, 15) is 14.0 Å². The molecule has 1 heterocycles. The van der Waals surface area contributed by atoms with Gasteiger partial charge in [0.15, 0.2) is 11.5 Å². The number of piperazine rings is 1. The third-order valence-electron chi connectivity index (χ3n) is 5.06. The van der Waals surface area contributed by atoms with Crippen molar-refractivity contribution in [2.24, 2.45) is 0 Å². The van der Waals surface area contributed by atoms with Gasteiger partial charge in [-0.15, -0.1) is 0 Å². The lowest BCUT2D eigenvalue weighted by atomic mass is 10.1. The topological polar surface area (TPSA) is 71.1 Å². The van der Waals surface area contributed by atoms with E-state index < -0.39 is 5.82 Å². The van der Waals surface area contributed by atoms with E-state index in [0.29, 0.717) is 60.6 Å². The molecule has 0 aliphatic carbocycles. The second kappa shape index (κ2) is 11.2. The average Bonchev–Trinajstić information content (AvgIpc) is 2.77. The van der Waals surface area contributed by atoms with Gasteiger partial charge in [0.05, 0.1) is 25.3 Å². The predicted octanol–water partition coefficient (Wildman–Crippen LogP) is 3.67. The maximum atomic E-state index is 13.3. The molecule has 7 nitrogen and oxygen atoms in total. The fourth-order valence-electron chi connectivity index (χ4n) is 3.45. The number of anilines is 1. The molecular weight excluding hydrogens is 437 g/mol. The normalized spacial score (nSPS) is 14.2. The molecule has 0 bridgehead atoms. The zero-order valence-corrected chi connectivity index (χ0v) is 19.0. The van der Waals surface area contributed by atoms with Gasteiger partial charge in [0.1, 0.15) is 5.82 Å². The molecule has 0 aromatic heterocycles. The van der Waals surface area contributed by atoms with Gasteiger partial charge in [-0.05, 0) is 36.8 Å². The molecule has 0 atom stereocenters. The van der Waals surface area contributed by atoms with Crippen molar-refractivity contribution in [3.8, 4) is 11.5 Å². The minimum absolute atomic E-state index is 0.156. The standard InChI is InChI=1S/C23H27ClFN3O4/c1-3-11-32-22-19(24)12-16(13-20(22)31-2)23(30)28-9-7-27(8-10-28)15-21(29)26-18-6-4-5-17(25)14-18/h4-6,12-14H,3,7-11,15H2,1-2H3,(H,26,29). The van der Waals surface area contributed by atoms with Crippen molar-refractivity contribution in [3.63, 3.8) is 0 Å². The molecule has 2 amide bonds. The van der Waals surface area contributed by atoms with Crippen LogP contribution < -0.4 is 14.8 Å². The highest BCUT2D eigenvalue weighted by molar-refractivity contribution is 6.32. The summed E-state index contributed by atoms with van der Waals surface area (Å²) in [6.45, 7) is 4.69. The Balaban J connectivity index is 1.56. The largest absolute Gasteiger partial charge is 0.493 e. The Labute approximate surface area is 192 Å². The number of hydrogen-bond donors (Lipinski definition) is 1. The van der Waals surface area contributed by atoms with Gasteiger partial charge in [0.2, 0.25) is 5.91 Å². The van der Waals surface area contributed by atoms with Crippen LogP contribution in [0.3, 0.4) is 0 Å². The van der Waals surface area contributed by atoms with Crippen LogP contribution in [-0.4, -0.2) is 68.1 Å². The molecule has 1 saturated heterocycles. The van der Waals surface area contributed by atoms with Crippen molar-refractivity contribution in [3.05, 3.63) is 52.8 Å². The summed E-state index contributed by atoms with van der Waals surface area (Å²) in [4.78, 5) is 28.9. The molecule has 1 fully saturated rings. The lowest BCUT2D eigenvalue weighted by molar-refractivity contribution is -0.117. The number of rotatable bonds is 8. The lowest BCUT2D eigenvalue weighted by Crippen LogP contribution is -2.50. The Morgan fingerprint density at radius 3 is 2.56 bits per heavy atom. The summed E-state index contributed by atoms with van der Waals surface area (Å²) in [6.07, 6.45) is 0.824. The van der Waals surface area contributed by atoms with Crippen LogP contribution in [0.4, 0.5) is 10.1 Å². The van der Waals surface area contributed by atoms with Crippen molar-refractivity contribution in [1.82, 2.24) is 9.80 Å². The van der Waals surface area contributed by atoms with E-state index in [0.717, 1.165) is 6.42 Å². The van der Waals surface area contributed by atoms with Crippen LogP contribution in [0.1, 0.15) is 23.7 Å². The van der Waals surface area contributed by atoms with Crippen molar-refractivity contribution < 1.29 is 23.5 Å². The summed E-state index contributed by atoms with van der Waals surface area (Å²) >= 11 is 6.34. The van der Waals surface area contributed by atoms with Gasteiger partial charge in [0, 0.05) is 37.4 Å². The molecular formula is C23H27ClFN3O4. The first-order valence-electron chi connectivity index (χ1n) is 10.5. The molecule has 32 heavy (non-hydrogen) atoms. The minimum atomic E-state index is -0.406. The van der Waals surface area contributed by atoms with Crippen LogP contribution in [0.25, 0.3) is 0 Å². The van der Waals surface area contributed by atoms with Crippen LogP contribution in [0, 0.1) is 5.82 Å². The number of carbonyl (C=O) groups is 2. The first-order valence-corrected chi connectivity index (χ1v) is 10.9. The zero-order chi connectivity index (χ0) is 23.1. The van der Waals surface area contributed by atoms with E-state index in [2.05, 4.69) is 5.32 Å². The monoisotopic (exact) mass is 463 g/mol. The highest BCUT2D eigenvalue weighted by atomic mass is 35.5. The number of carbonyl (C=O) groups excluding carboxylic acids is 2. The zero-order valence-electron chi connectivity index (χ0n) is 18.2. The highest BCUT2D eigenvalue weighted by Gasteiger charge is 2.25. The van der Waals surface area contributed by atoms with Gasteiger partial charge in [-0.2, -0.15) is 0 Å². The number of halogens is 2. The van der Waals surface area contributed by atoms with E-state index >= 15 is 0 Å². The quantitative estimate of drug-likeness (QED) is 0.646. The van der Waals surface area contributed by atoms with Crippen LogP contribution in [-0.2, 0) is 4.79 Å². The summed E-state index contributed by atoms with van der Waals surface area (Å²) in [5.41, 5.74) is 0.842. The van der Waals surface area contributed by atoms with Gasteiger partial charge in [-0.3, -0.25) is 14.5 Å². The Bertz CT molecular complexity index is 964. The maximum Gasteiger partial charge on any atom is 0.254 e. The summed E-state index contributed by atoms with van der Waals surface area (Å²) in [6, 6.07) is 9.00. The number of ether oxygens (including phenoxy) is 2. The van der Waals surface area contributed by atoms with E-state index in [-0.39, 0.29) is 18.4 Å². The lowest BCUT2D eigenvalue weighted by Gasteiger charge is -2.34. The van der Waals surface area contributed by atoms with Crippen LogP contribution >= 0.6 is 11.6 Å². The molecule has 0 radical (unpaired) electrons. The fourth-order valence-corrected chi connectivity index (χ4v) is 3.71. The number of hydrogen-bond acceptors (Lipinski definition) is 5. The molecule has 1 N–H and O–H groups in total. The van der Waals surface area contributed by atoms with Crippen LogP contribution in [0.2, 0.25) is 5.02 Å². The predicted molar refractivity (Wildman–Crippen MR) is 121 cm³/mol. The summed E-state index contributed by atoms with van der Waals surface area (Å²) in [5.74, 6) is 0.0611. The molecule has 2 aromatic carbocycles. The van der Waals surface area contributed by atoms with E-state index in [1.807, 2.05) is 11.8 Å². The Hall–Kier alpha value is -2.84. The van der Waals surface area contributed by atoms with Crippen molar-refractivity contribution in [2.45, 2.75) is 13.3 Å². The van der Waals surface area contributed by atoms with E-state index in [1.165, 1.54) is 19.2 Å². The minimum Gasteiger partial charge on any atom is -0.493 e. The number of nitrogens with zero attached hydrogens (tertiary/aromatic N) is 2. The molecule has 0 unspecified atom stereocenters. The third kappa shape index (κ3) is 6.11. The van der Waals surface area contributed by atoms with Gasteiger partial charge in [-0.1, -0.05) is 24.6 Å². The van der Waals surface area contributed by atoms with Gasteiger partial charge in [-0.25, -0.2) is 4.39 Å². The smallest absolute Gasteiger partial charge is 0.254 e. The first-order chi connectivity index (χ1) is 15.4. The molecule has 1 aliphatic rings. The van der Waals surface area contributed by atoms with E-state index in [4.69, 9.17) is 21.1 Å². The molecule has 1 aliphatic heterocycles. The van der Waals surface area contributed by atoms with Crippen molar-refractivity contribution >= 4 is 29.1 Å². The Kier molecular flexibility index (Phi) is 8.30. The highest BCUT2D eigenvalue weighted by Crippen LogP contribution is 2.37. The fraction of sp³-hybridized carbons (Fsp3) is 0.391. The molecule has 9 heteroatoms. The van der Waals surface area contributed by atoms with Crippen LogP contribution in [0.15, 0.2) is 36.4 Å². The number of amides is 2. The summed E-state index contributed by atoms with van der Waals surface area (Å²) < 4.78 is 24.3. The number of methoxy groups -OCH3 is 1. The van der Waals surface area contributed by atoms with Crippen molar-refractivity contribution in [2.75, 3.05) is 51.8 Å². The summed E-state index contributed by atoms with van der Waals surface area (Å²) in [7, 11) is 1.51. The van der Waals surface area contributed by atoms with Crippen LogP contribution in [0.5, 0.6) is 11.5 Å². The molecule has 2 aromatic rings. The number of nitrogens with one attached hydrogen (secondary N) is 1. The summed E-state index contributed by atoms with van der Waals surface area (Å²) in [5, 5.41) is 3.01. The molecule has 172 valence electrons. The van der Waals surface area contributed by atoms with Crippen molar-refractivity contribution in [1.29, 1.82) is 0 Å². The third-order valence-corrected chi connectivity index (χ3v) is 5.34. The Morgan fingerprint density at radius 2 is 1.91 bits per heavy atom. The van der Waals surface area contributed by atoms with E-state index in [1.54, 1.807) is 29.2 Å². The SMILES string of the molecule is CCCOc1c(Cl)cc(C(=O)N2CCN(CC(=O)Nc3cccc(F)c3)CC2)cc1OC. The second-order valence-electron chi connectivity index (χ2n) is 7.46. The average molecular weight is 464 g/mol. The van der Waals surface area contributed by atoms with Gasteiger partial charge >= 0.3 is 0 Å². The van der Waals surface area contributed by atoms with Gasteiger partial charge in [0.25, 0.3) is 5.91 Å². The molecule has 3 rings (SSSR count). The van der Waals surface area contributed by atoms with Gasteiger partial charge < -0.3 is 19.7 Å². The Morgan fingerprint density at radius 1 is 1.16 bits per heavy atom. The molecule has 0 saturated carbocycles. The molecule has 0 spiro atoms. The first kappa shape index (κ1) is 23.8. The second-order valence-corrected chi connectivity index (χ2v) is 7.87.